The Bertz CT molecular complexity index is 1420. The van der Waals surface area contributed by atoms with E-state index < -0.39 is 5.60 Å². The largest absolute Gasteiger partial charge is 0.444 e. The molecule has 8 nitrogen and oxygen atoms in total. The molecule has 10 heteroatoms. The molecule has 2 aliphatic heterocycles. The van der Waals surface area contributed by atoms with Crippen LogP contribution >= 0.6 is 23.2 Å². The molecule has 41 heavy (non-hydrogen) atoms. The fourth-order valence-corrected chi connectivity index (χ4v) is 5.96. The van der Waals surface area contributed by atoms with Crippen molar-refractivity contribution in [1.82, 2.24) is 19.6 Å². The highest BCUT2D eigenvalue weighted by atomic mass is 35.5. The number of anilines is 1. The Balaban J connectivity index is 1.39. The molecule has 2 amide bonds. The van der Waals surface area contributed by atoms with Crippen LogP contribution in [-0.2, 0) is 4.74 Å². The number of hydrogen-bond donors (Lipinski definition) is 0. The molecular weight excluding hydrogens is 561 g/mol. The van der Waals surface area contributed by atoms with Gasteiger partial charge < -0.3 is 19.4 Å². The van der Waals surface area contributed by atoms with Gasteiger partial charge in [-0.05, 0) is 76.4 Å². The summed E-state index contributed by atoms with van der Waals surface area (Å²) in [6.45, 7) is 11.3. The number of benzene rings is 2. The molecule has 0 atom stereocenters. The third-order valence-electron chi connectivity index (χ3n) is 7.78. The normalized spacial score (nSPS) is 16.7. The molecule has 0 saturated carbocycles. The van der Waals surface area contributed by atoms with E-state index in [1.165, 1.54) is 0 Å². The Morgan fingerprint density at radius 3 is 2.27 bits per heavy atom. The number of piperidine rings is 1. The molecule has 2 fully saturated rings. The summed E-state index contributed by atoms with van der Waals surface area (Å²) in [5, 5.41) is 6.08. The highest BCUT2D eigenvalue weighted by molar-refractivity contribution is 6.31. The lowest BCUT2D eigenvalue weighted by Crippen LogP contribution is -2.49. The van der Waals surface area contributed by atoms with E-state index >= 15 is 0 Å². The lowest BCUT2D eigenvalue weighted by molar-refractivity contribution is 0.0203. The number of halogens is 2. The summed E-state index contributed by atoms with van der Waals surface area (Å²) < 4.78 is 7.48. The van der Waals surface area contributed by atoms with E-state index in [0.717, 1.165) is 35.7 Å². The molecule has 0 radical (unpaired) electrons. The minimum absolute atomic E-state index is 0.0220. The first-order valence-electron chi connectivity index (χ1n) is 14.1. The first kappa shape index (κ1) is 29.3. The van der Waals surface area contributed by atoms with Crippen LogP contribution < -0.4 is 4.90 Å². The van der Waals surface area contributed by atoms with Crippen LogP contribution in [-0.4, -0.2) is 76.5 Å². The molecule has 0 aliphatic carbocycles. The standard InChI is InChI=1S/C31H37Cl2N5O3/c1-21-26(33)9-6-10-27(21)38-28(22-11-13-37(14-12-22)30(40)41-31(2,3)4)25(20-34-38)29(39)36-17-15-35(16-18-36)24-8-5-7-23(32)19-24/h5-10,19-20,22H,11-18H2,1-4H3. The van der Waals surface area contributed by atoms with Crippen molar-refractivity contribution in [2.24, 2.45) is 0 Å². The van der Waals surface area contributed by atoms with Crippen molar-refractivity contribution in [3.8, 4) is 5.69 Å². The highest BCUT2D eigenvalue weighted by Gasteiger charge is 2.34. The number of aromatic nitrogens is 2. The Morgan fingerprint density at radius 1 is 0.927 bits per heavy atom. The van der Waals surface area contributed by atoms with Gasteiger partial charge in [0.05, 0.1) is 23.1 Å². The van der Waals surface area contributed by atoms with E-state index in [2.05, 4.69) is 4.90 Å². The summed E-state index contributed by atoms with van der Waals surface area (Å²) in [6.07, 6.45) is 2.80. The fourth-order valence-electron chi connectivity index (χ4n) is 5.61. The Labute approximate surface area is 251 Å². The van der Waals surface area contributed by atoms with Crippen molar-refractivity contribution in [2.45, 2.75) is 52.1 Å². The van der Waals surface area contributed by atoms with Crippen molar-refractivity contribution in [3.05, 3.63) is 75.5 Å². The number of carbonyl (C=O) groups is 2. The predicted molar refractivity (Wildman–Crippen MR) is 163 cm³/mol. The molecule has 2 aliphatic rings. The van der Waals surface area contributed by atoms with Gasteiger partial charge in [0.2, 0.25) is 0 Å². The maximum absolute atomic E-state index is 14.0. The molecule has 3 heterocycles. The summed E-state index contributed by atoms with van der Waals surface area (Å²) in [5.41, 5.74) is 3.75. The topological polar surface area (TPSA) is 70.9 Å². The number of piperazine rings is 1. The first-order chi connectivity index (χ1) is 19.5. The van der Waals surface area contributed by atoms with Crippen molar-refractivity contribution in [1.29, 1.82) is 0 Å². The molecule has 1 aromatic heterocycles. The van der Waals surface area contributed by atoms with E-state index in [9.17, 15) is 9.59 Å². The quantitative estimate of drug-likeness (QED) is 0.340. The smallest absolute Gasteiger partial charge is 0.410 e. The van der Waals surface area contributed by atoms with Gasteiger partial charge in [0.15, 0.2) is 0 Å². The average Bonchev–Trinajstić information content (AvgIpc) is 3.38. The van der Waals surface area contributed by atoms with Crippen LogP contribution in [0.5, 0.6) is 0 Å². The van der Waals surface area contributed by atoms with Crippen LogP contribution in [0, 0.1) is 6.92 Å². The number of hydrogen-bond acceptors (Lipinski definition) is 5. The van der Waals surface area contributed by atoms with Crippen LogP contribution in [0.1, 0.15) is 61.1 Å². The molecule has 0 N–H and O–H groups in total. The lowest BCUT2D eigenvalue weighted by atomic mass is 9.90. The van der Waals surface area contributed by atoms with Crippen molar-refractivity contribution in [3.63, 3.8) is 0 Å². The molecule has 3 aromatic rings. The number of amides is 2. The molecule has 2 saturated heterocycles. The summed E-state index contributed by atoms with van der Waals surface area (Å²) in [4.78, 5) is 32.6. The van der Waals surface area contributed by atoms with E-state index in [1.54, 1.807) is 11.1 Å². The van der Waals surface area contributed by atoms with Gasteiger partial charge in [-0.15, -0.1) is 0 Å². The predicted octanol–water partition coefficient (Wildman–Crippen LogP) is 6.56. The summed E-state index contributed by atoms with van der Waals surface area (Å²) in [7, 11) is 0. The van der Waals surface area contributed by atoms with Crippen LogP contribution in [0.4, 0.5) is 10.5 Å². The highest BCUT2D eigenvalue weighted by Crippen LogP contribution is 2.35. The van der Waals surface area contributed by atoms with Crippen molar-refractivity contribution < 1.29 is 14.3 Å². The van der Waals surface area contributed by atoms with Gasteiger partial charge in [-0.3, -0.25) is 4.79 Å². The maximum Gasteiger partial charge on any atom is 0.410 e. The van der Waals surface area contributed by atoms with Crippen LogP contribution in [0.2, 0.25) is 10.0 Å². The maximum atomic E-state index is 14.0. The summed E-state index contributed by atoms with van der Waals surface area (Å²) in [6, 6.07) is 13.5. The third kappa shape index (κ3) is 6.49. The van der Waals surface area contributed by atoms with E-state index in [-0.39, 0.29) is 17.9 Å². The van der Waals surface area contributed by atoms with Crippen LogP contribution in [0.15, 0.2) is 48.7 Å². The van der Waals surface area contributed by atoms with Gasteiger partial charge >= 0.3 is 6.09 Å². The van der Waals surface area contributed by atoms with Gasteiger partial charge in [0.25, 0.3) is 5.91 Å². The second-order valence-corrected chi connectivity index (χ2v) is 12.6. The van der Waals surface area contributed by atoms with Crippen LogP contribution in [0.25, 0.3) is 5.69 Å². The van der Waals surface area contributed by atoms with Gasteiger partial charge in [-0.1, -0.05) is 35.3 Å². The van der Waals surface area contributed by atoms with E-state index in [0.29, 0.717) is 54.6 Å². The number of nitrogens with zero attached hydrogens (tertiary/aromatic N) is 5. The molecule has 0 bridgehead atoms. The average molecular weight is 599 g/mol. The van der Waals surface area contributed by atoms with Crippen molar-refractivity contribution >= 4 is 40.9 Å². The van der Waals surface area contributed by atoms with Gasteiger partial charge in [-0.2, -0.15) is 5.10 Å². The Hall–Kier alpha value is -3.23. The minimum Gasteiger partial charge on any atom is -0.444 e. The zero-order valence-electron chi connectivity index (χ0n) is 24.1. The molecular formula is C31H37Cl2N5O3. The first-order valence-corrected chi connectivity index (χ1v) is 14.9. The minimum atomic E-state index is -0.549. The Kier molecular flexibility index (Phi) is 8.52. The van der Waals surface area contributed by atoms with Gasteiger partial charge in [0, 0.05) is 60.9 Å². The molecule has 2 aromatic carbocycles. The molecule has 0 unspecified atom stereocenters. The van der Waals surface area contributed by atoms with E-state index in [4.69, 9.17) is 33.0 Å². The fraction of sp³-hybridized carbons (Fsp3) is 0.452. The second kappa shape index (κ2) is 11.9. The van der Waals surface area contributed by atoms with Crippen LogP contribution in [0.3, 0.4) is 0 Å². The molecule has 0 spiro atoms. The number of ether oxygens (including phenoxy) is 1. The lowest BCUT2D eigenvalue weighted by Gasteiger charge is -2.37. The second-order valence-electron chi connectivity index (χ2n) is 11.7. The Morgan fingerprint density at radius 2 is 1.61 bits per heavy atom. The van der Waals surface area contributed by atoms with Gasteiger partial charge in [-0.25, -0.2) is 9.48 Å². The third-order valence-corrected chi connectivity index (χ3v) is 8.42. The zero-order chi connectivity index (χ0) is 29.3. The van der Waals surface area contributed by atoms with Crippen molar-refractivity contribution in [2.75, 3.05) is 44.2 Å². The monoisotopic (exact) mass is 597 g/mol. The summed E-state index contributed by atoms with van der Waals surface area (Å²) in [5.74, 6) is 0.0208. The molecule has 218 valence electrons. The van der Waals surface area contributed by atoms with Gasteiger partial charge in [0.1, 0.15) is 5.60 Å². The number of rotatable bonds is 4. The summed E-state index contributed by atoms with van der Waals surface area (Å²) >= 11 is 12.7. The zero-order valence-corrected chi connectivity index (χ0v) is 25.6. The molecule has 5 rings (SSSR count). The number of carbonyl (C=O) groups excluding carboxylic acids is 2. The SMILES string of the molecule is Cc1c(Cl)cccc1-n1ncc(C(=O)N2CCN(c3cccc(Cl)c3)CC2)c1C1CCN(C(=O)OC(C)(C)C)CC1. The number of likely N-dealkylation sites (tertiary alicyclic amines) is 1. The van der Waals surface area contributed by atoms with E-state index in [1.807, 2.05) is 79.7 Å².